The number of benzene rings is 2. The van der Waals surface area contributed by atoms with Crippen molar-refractivity contribution in [2.75, 3.05) is 6.54 Å². The third kappa shape index (κ3) is 1.36. The van der Waals surface area contributed by atoms with Crippen LogP contribution in [0.1, 0.15) is 23.6 Å². The van der Waals surface area contributed by atoms with Gasteiger partial charge in [-0.1, -0.05) is 18.2 Å². The molecule has 1 aromatic heterocycles. The van der Waals surface area contributed by atoms with E-state index in [2.05, 4.69) is 34.2 Å². The van der Waals surface area contributed by atoms with Gasteiger partial charge in [0.1, 0.15) is 6.07 Å². The number of hydrogen-bond acceptors (Lipinski definition) is 2. The van der Waals surface area contributed by atoms with Crippen LogP contribution in [0.15, 0.2) is 35.3 Å². The summed E-state index contributed by atoms with van der Waals surface area (Å²) in [7, 11) is 0. The van der Waals surface area contributed by atoms with Crippen molar-refractivity contribution in [1.29, 1.82) is 5.26 Å². The number of aromatic amines is 1. The Balaban J connectivity index is 2.24. The van der Waals surface area contributed by atoms with Crippen molar-refractivity contribution in [1.82, 2.24) is 4.98 Å². The molecule has 20 heavy (non-hydrogen) atoms. The topological polar surface area (TPSA) is 51.9 Å². The second-order valence-corrected chi connectivity index (χ2v) is 5.20. The van der Waals surface area contributed by atoms with Crippen molar-refractivity contribution in [2.24, 2.45) is 4.99 Å². The second kappa shape index (κ2) is 3.94. The van der Waals surface area contributed by atoms with E-state index in [1.165, 1.54) is 5.39 Å². The highest BCUT2D eigenvalue weighted by atomic mass is 14.8. The molecule has 4 rings (SSSR count). The fourth-order valence-corrected chi connectivity index (χ4v) is 3.15. The molecule has 0 unspecified atom stereocenters. The van der Waals surface area contributed by atoms with Gasteiger partial charge in [0, 0.05) is 34.1 Å². The number of aliphatic imine (C=N–C) groups is 1. The lowest BCUT2D eigenvalue weighted by atomic mass is 9.91. The number of nitrogens with one attached hydrogen (secondary N) is 1. The molecule has 2 heterocycles. The van der Waals surface area contributed by atoms with Gasteiger partial charge in [0.05, 0.1) is 11.1 Å². The van der Waals surface area contributed by atoms with Crippen molar-refractivity contribution >= 4 is 27.5 Å². The summed E-state index contributed by atoms with van der Waals surface area (Å²) in [6.07, 6.45) is 0.848. The van der Waals surface area contributed by atoms with Gasteiger partial charge in [0.15, 0.2) is 0 Å². The Morgan fingerprint density at radius 2 is 2.10 bits per heavy atom. The highest BCUT2D eigenvalue weighted by Crippen LogP contribution is 2.33. The minimum Gasteiger partial charge on any atom is -0.353 e. The van der Waals surface area contributed by atoms with Crippen LogP contribution in [0.3, 0.4) is 0 Å². The number of H-pyrrole nitrogens is 1. The van der Waals surface area contributed by atoms with Crippen LogP contribution in [-0.2, 0) is 6.42 Å². The van der Waals surface area contributed by atoms with Crippen molar-refractivity contribution in [3.8, 4) is 6.07 Å². The van der Waals surface area contributed by atoms with E-state index in [1.54, 1.807) is 0 Å². The molecule has 3 heteroatoms. The zero-order valence-electron chi connectivity index (χ0n) is 11.2. The number of fused-ring (bicyclic) bond motifs is 4. The van der Waals surface area contributed by atoms with Crippen LogP contribution in [0.25, 0.3) is 21.8 Å². The molecule has 0 radical (unpaired) electrons. The molecular formula is C17H13N3. The summed E-state index contributed by atoms with van der Waals surface area (Å²) < 4.78 is 0. The maximum Gasteiger partial charge on any atom is 0.102 e. The summed E-state index contributed by atoms with van der Waals surface area (Å²) >= 11 is 0. The lowest BCUT2D eigenvalue weighted by Crippen LogP contribution is -2.12. The van der Waals surface area contributed by atoms with E-state index in [0.717, 1.165) is 51.8 Å². The van der Waals surface area contributed by atoms with Crippen molar-refractivity contribution in [3.63, 3.8) is 0 Å². The Morgan fingerprint density at radius 3 is 2.95 bits per heavy atom. The standard InChI is InChI=1S/C17H13N3/c1-10-13-8-14-12-4-2-3-5-16(12)20-17(14)15(9-18)11(13)6-7-19-10/h2-5,8,20H,6-7H2,1H3. The number of rotatable bonds is 0. The Bertz CT molecular complexity index is 923. The summed E-state index contributed by atoms with van der Waals surface area (Å²) in [5, 5.41) is 11.9. The van der Waals surface area contributed by atoms with E-state index in [4.69, 9.17) is 0 Å². The molecule has 0 spiro atoms. The zero-order valence-corrected chi connectivity index (χ0v) is 11.2. The molecule has 0 amide bonds. The third-order valence-corrected chi connectivity index (χ3v) is 4.12. The average Bonchev–Trinajstić information content (AvgIpc) is 2.84. The van der Waals surface area contributed by atoms with Gasteiger partial charge in [0.2, 0.25) is 0 Å². The van der Waals surface area contributed by atoms with Crippen LogP contribution in [0.4, 0.5) is 0 Å². The Morgan fingerprint density at radius 1 is 1.25 bits per heavy atom. The smallest absolute Gasteiger partial charge is 0.102 e. The van der Waals surface area contributed by atoms with Gasteiger partial charge in [-0.2, -0.15) is 5.26 Å². The number of para-hydroxylation sites is 1. The molecule has 0 fully saturated rings. The molecule has 0 bridgehead atoms. The fraction of sp³-hybridized carbons (Fsp3) is 0.176. The molecule has 0 saturated carbocycles. The predicted molar refractivity (Wildman–Crippen MR) is 81.3 cm³/mol. The molecule has 3 nitrogen and oxygen atoms in total. The first kappa shape index (κ1) is 11.2. The molecule has 0 aliphatic carbocycles. The van der Waals surface area contributed by atoms with E-state index >= 15 is 0 Å². The van der Waals surface area contributed by atoms with E-state index in [0.29, 0.717) is 0 Å². The third-order valence-electron chi connectivity index (χ3n) is 4.12. The first-order valence-electron chi connectivity index (χ1n) is 6.77. The van der Waals surface area contributed by atoms with Gasteiger partial charge in [0.25, 0.3) is 0 Å². The lowest BCUT2D eigenvalue weighted by Gasteiger charge is -2.16. The highest BCUT2D eigenvalue weighted by molar-refractivity contribution is 6.13. The van der Waals surface area contributed by atoms with Crippen LogP contribution in [0.5, 0.6) is 0 Å². The summed E-state index contributed by atoms with van der Waals surface area (Å²) in [6.45, 7) is 2.80. The number of aromatic nitrogens is 1. The van der Waals surface area contributed by atoms with Crippen molar-refractivity contribution in [2.45, 2.75) is 13.3 Å². The van der Waals surface area contributed by atoms with Gasteiger partial charge in [-0.05, 0) is 31.0 Å². The predicted octanol–water partition coefficient (Wildman–Crippen LogP) is 3.56. The monoisotopic (exact) mass is 259 g/mol. The van der Waals surface area contributed by atoms with E-state index < -0.39 is 0 Å². The van der Waals surface area contributed by atoms with E-state index in [-0.39, 0.29) is 0 Å². The summed E-state index contributed by atoms with van der Waals surface area (Å²) in [5.41, 5.74) is 6.13. The summed E-state index contributed by atoms with van der Waals surface area (Å²) in [6, 6.07) is 12.8. The van der Waals surface area contributed by atoms with E-state index in [1.807, 2.05) is 19.1 Å². The van der Waals surface area contributed by atoms with Gasteiger partial charge in [-0.15, -0.1) is 0 Å². The Hall–Kier alpha value is -2.60. The van der Waals surface area contributed by atoms with Crippen LogP contribution in [-0.4, -0.2) is 17.2 Å². The van der Waals surface area contributed by atoms with Gasteiger partial charge < -0.3 is 4.98 Å². The first-order chi connectivity index (χ1) is 9.79. The highest BCUT2D eigenvalue weighted by Gasteiger charge is 2.19. The molecule has 96 valence electrons. The van der Waals surface area contributed by atoms with Crippen LogP contribution in [0, 0.1) is 11.3 Å². The number of nitrogens with zero attached hydrogens (tertiary/aromatic N) is 2. The molecule has 2 aromatic carbocycles. The van der Waals surface area contributed by atoms with Gasteiger partial charge in [-0.3, -0.25) is 4.99 Å². The Labute approximate surface area is 116 Å². The quantitative estimate of drug-likeness (QED) is 0.659. The molecule has 1 N–H and O–H groups in total. The summed E-state index contributed by atoms with van der Waals surface area (Å²) in [5.74, 6) is 0. The fourth-order valence-electron chi connectivity index (χ4n) is 3.15. The molecule has 1 aliphatic rings. The minimum atomic E-state index is 0.777. The van der Waals surface area contributed by atoms with Crippen LogP contribution < -0.4 is 0 Å². The van der Waals surface area contributed by atoms with E-state index in [9.17, 15) is 5.26 Å². The molecule has 0 saturated heterocycles. The van der Waals surface area contributed by atoms with Gasteiger partial charge in [-0.25, -0.2) is 0 Å². The second-order valence-electron chi connectivity index (χ2n) is 5.20. The summed E-state index contributed by atoms with van der Waals surface area (Å²) in [4.78, 5) is 7.92. The molecule has 0 atom stereocenters. The zero-order chi connectivity index (χ0) is 13.7. The molecule has 1 aliphatic heterocycles. The molecular weight excluding hydrogens is 246 g/mol. The normalized spacial score (nSPS) is 14.1. The average molecular weight is 259 g/mol. The lowest BCUT2D eigenvalue weighted by molar-refractivity contribution is 0.940. The number of hydrogen-bond donors (Lipinski definition) is 1. The number of nitriles is 1. The van der Waals surface area contributed by atoms with Crippen molar-refractivity contribution in [3.05, 3.63) is 47.0 Å². The first-order valence-corrected chi connectivity index (χ1v) is 6.77. The SMILES string of the molecule is CC1=NCCc2c1cc1c([nH]c3ccccc31)c2C#N. The maximum absolute atomic E-state index is 9.59. The molecule has 3 aromatic rings. The largest absolute Gasteiger partial charge is 0.353 e. The van der Waals surface area contributed by atoms with Crippen LogP contribution in [0.2, 0.25) is 0 Å². The Kier molecular flexibility index (Phi) is 2.22. The van der Waals surface area contributed by atoms with Crippen molar-refractivity contribution < 1.29 is 0 Å². The maximum atomic E-state index is 9.59. The minimum absolute atomic E-state index is 0.777. The van der Waals surface area contributed by atoms with Crippen LogP contribution >= 0.6 is 0 Å². The van der Waals surface area contributed by atoms with Gasteiger partial charge >= 0.3 is 0 Å².